The number of amides is 2. The Morgan fingerprint density at radius 3 is 2.50 bits per heavy atom. The predicted molar refractivity (Wildman–Crippen MR) is 70.2 cm³/mol. The molecule has 6 heteroatoms. The summed E-state index contributed by atoms with van der Waals surface area (Å²) in [5, 5.41) is 2.70. The molecule has 1 aromatic rings. The fourth-order valence-corrected chi connectivity index (χ4v) is 2.12. The number of hydrogen-bond acceptors (Lipinski definition) is 3. The van der Waals surface area contributed by atoms with Gasteiger partial charge in [-0.05, 0) is 24.6 Å². The quantitative estimate of drug-likeness (QED) is 0.841. The van der Waals surface area contributed by atoms with Crippen molar-refractivity contribution < 1.29 is 18.7 Å². The Hall–Kier alpha value is -2.37. The zero-order valence-corrected chi connectivity index (χ0v) is 11.4. The number of methoxy groups -OCH3 is 1. The molecule has 0 aliphatic carbocycles. The van der Waals surface area contributed by atoms with E-state index in [1.54, 1.807) is 14.0 Å². The van der Waals surface area contributed by atoms with Crippen LogP contribution in [0, 0.1) is 5.82 Å². The Labute approximate surface area is 116 Å². The molecule has 2 amide bonds. The second-order valence-corrected chi connectivity index (χ2v) is 4.48. The Morgan fingerprint density at radius 2 is 1.95 bits per heavy atom. The van der Waals surface area contributed by atoms with Crippen LogP contribution in [0.5, 0.6) is 0 Å². The van der Waals surface area contributed by atoms with Crippen molar-refractivity contribution in [2.75, 3.05) is 14.2 Å². The van der Waals surface area contributed by atoms with Gasteiger partial charge in [0.1, 0.15) is 5.82 Å². The van der Waals surface area contributed by atoms with Crippen molar-refractivity contribution in [1.29, 1.82) is 0 Å². The number of halogens is 1. The molecule has 0 aromatic heterocycles. The van der Waals surface area contributed by atoms with E-state index in [0.29, 0.717) is 16.8 Å². The van der Waals surface area contributed by atoms with Crippen molar-refractivity contribution in [3.63, 3.8) is 0 Å². The van der Waals surface area contributed by atoms with E-state index in [0.717, 1.165) is 0 Å². The monoisotopic (exact) mass is 278 g/mol. The van der Waals surface area contributed by atoms with Gasteiger partial charge in [0.15, 0.2) is 0 Å². The first-order valence-electron chi connectivity index (χ1n) is 6.04. The lowest BCUT2D eigenvalue weighted by Crippen LogP contribution is -2.46. The predicted octanol–water partition coefficient (Wildman–Crippen LogP) is 1.97. The van der Waals surface area contributed by atoms with Gasteiger partial charge in [-0.2, -0.15) is 0 Å². The average Bonchev–Trinajstić information content (AvgIpc) is 2.44. The smallest absolute Gasteiger partial charge is 0.337 e. The molecule has 20 heavy (non-hydrogen) atoms. The number of esters is 1. The van der Waals surface area contributed by atoms with E-state index in [1.807, 2.05) is 0 Å². The Balaban J connectivity index is 2.51. The average molecular weight is 278 g/mol. The summed E-state index contributed by atoms with van der Waals surface area (Å²) in [5.41, 5.74) is 1.46. The van der Waals surface area contributed by atoms with Gasteiger partial charge in [0.05, 0.1) is 18.7 Å². The first kappa shape index (κ1) is 14.0. The molecule has 0 saturated carbocycles. The molecule has 1 N–H and O–H groups in total. The molecular weight excluding hydrogens is 263 g/mol. The molecule has 0 bridgehead atoms. The molecule has 0 saturated heterocycles. The van der Waals surface area contributed by atoms with E-state index in [1.165, 1.54) is 36.3 Å². The van der Waals surface area contributed by atoms with Crippen LogP contribution in [0.4, 0.5) is 9.18 Å². The van der Waals surface area contributed by atoms with Crippen LogP contribution in [0.2, 0.25) is 0 Å². The fourth-order valence-electron chi connectivity index (χ4n) is 2.12. The molecular formula is C14H15FN2O3. The lowest BCUT2D eigenvalue weighted by atomic mass is 9.95. The molecule has 2 rings (SSSR count). The summed E-state index contributed by atoms with van der Waals surface area (Å²) in [5.74, 6) is -0.906. The van der Waals surface area contributed by atoms with Crippen LogP contribution in [0.1, 0.15) is 18.5 Å². The van der Waals surface area contributed by atoms with E-state index < -0.39 is 12.0 Å². The van der Waals surface area contributed by atoms with Crippen molar-refractivity contribution in [2.45, 2.75) is 13.0 Å². The van der Waals surface area contributed by atoms with Crippen LogP contribution >= 0.6 is 0 Å². The third-order valence-electron chi connectivity index (χ3n) is 3.36. The SMILES string of the molecule is COC(=O)C1=C(C)N(C)C(=O)N[C@@H]1c1ccc(F)cc1. The third kappa shape index (κ3) is 2.36. The van der Waals surface area contributed by atoms with Gasteiger partial charge in [0.25, 0.3) is 0 Å². The molecule has 1 aromatic carbocycles. The first-order chi connectivity index (χ1) is 9.45. The number of carbonyl (C=O) groups excluding carboxylic acids is 2. The topological polar surface area (TPSA) is 58.6 Å². The summed E-state index contributed by atoms with van der Waals surface area (Å²) >= 11 is 0. The van der Waals surface area contributed by atoms with E-state index in [4.69, 9.17) is 4.74 Å². The number of ether oxygens (including phenoxy) is 1. The van der Waals surface area contributed by atoms with Gasteiger partial charge >= 0.3 is 12.0 Å². The Bertz CT molecular complexity index is 581. The number of hydrogen-bond donors (Lipinski definition) is 1. The summed E-state index contributed by atoms with van der Waals surface area (Å²) in [6, 6.07) is 4.65. The zero-order valence-electron chi connectivity index (χ0n) is 11.4. The maximum Gasteiger partial charge on any atom is 0.337 e. The summed E-state index contributed by atoms with van der Waals surface area (Å²) < 4.78 is 17.8. The van der Waals surface area contributed by atoms with Crippen LogP contribution in [0.25, 0.3) is 0 Å². The number of nitrogens with one attached hydrogen (secondary N) is 1. The van der Waals surface area contributed by atoms with Gasteiger partial charge < -0.3 is 15.0 Å². The molecule has 0 fully saturated rings. The van der Waals surface area contributed by atoms with Crippen molar-refractivity contribution in [1.82, 2.24) is 10.2 Å². The highest BCUT2D eigenvalue weighted by molar-refractivity contribution is 5.94. The second-order valence-electron chi connectivity index (χ2n) is 4.48. The van der Waals surface area contributed by atoms with Crippen molar-refractivity contribution in [3.8, 4) is 0 Å². The largest absolute Gasteiger partial charge is 0.466 e. The number of benzene rings is 1. The van der Waals surface area contributed by atoms with Gasteiger partial charge in [-0.3, -0.25) is 0 Å². The molecule has 0 unspecified atom stereocenters. The summed E-state index contributed by atoms with van der Waals surface area (Å²) in [7, 11) is 2.84. The number of urea groups is 1. The normalized spacial score (nSPS) is 18.9. The van der Waals surface area contributed by atoms with Gasteiger partial charge in [-0.25, -0.2) is 14.0 Å². The Morgan fingerprint density at radius 1 is 1.35 bits per heavy atom. The summed E-state index contributed by atoms with van der Waals surface area (Å²) in [4.78, 5) is 25.2. The van der Waals surface area contributed by atoms with Crippen LogP contribution in [0.3, 0.4) is 0 Å². The molecule has 0 radical (unpaired) electrons. The van der Waals surface area contributed by atoms with Crippen molar-refractivity contribution in [3.05, 3.63) is 46.9 Å². The van der Waals surface area contributed by atoms with Gasteiger partial charge in [0.2, 0.25) is 0 Å². The van der Waals surface area contributed by atoms with Gasteiger partial charge in [-0.15, -0.1) is 0 Å². The molecule has 1 aliphatic heterocycles. The Kier molecular flexibility index (Phi) is 3.74. The lowest BCUT2D eigenvalue weighted by Gasteiger charge is -2.33. The minimum atomic E-state index is -0.647. The number of allylic oxidation sites excluding steroid dienone is 1. The highest BCUT2D eigenvalue weighted by atomic mass is 19.1. The van der Waals surface area contributed by atoms with Crippen LogP contribution in [-0.4, -0.2) is 31.1 Å². The van der Waals surface area contributed by atoms with Gasteiger partial charge in [-0.1, -0.05) is 12.1 Å². The number of carbonyl (C=O) groups is 2. The molecule has 0 spiro atoms. The van der Waals surface area contributed by atoms with E-state index in [-0.39, 0.29) is 11.8 Å². The zero-order chi connectivity index (χ0) is 14.9. The van der Waals surface area contributed by atoms with E-state index >= 15 is 0 Å². The van der Waals surface area contributed by atoms with Crippen molar-refractivity contribution >= 4 is 12.0 Å². The maximum absolute atomic E-state index is 13.0. The van der Waals surface area contributed by atoms with E-state index in [2.05, 4.69) is 5.32 Å². The highest BCUT2D eigenvalue weighted by Crippen LogP contribution is 2.30. The molecule has 1 atom stereocenters. The highest BCUT2D eigenvalue weighted by Gasteiger charge is 2.34. The number of rotatable bonds is 2. The van der Waals surface area contributed by atoms with Gasteiger partial charge in [0, 0.05) is 12.7 Å². The maximum atomic E-state index is 13.0. The molecule has 106 valence electrons. The number of nitrogens with zero attached hydrogens (tertiary/aromatic N) is 1. The third-order valence-corrected chi connectivity index (χ3v) is 3.36. The first-order valence-corrected chi connectivity index (χ1v) is 6.04. The van der Waals surface area contributed by atoms with Crippen LogP contribution in [0.15, 0.2) is 35.5 Å². The summed E-state index contributed by atoms with van der Waals surface area (Å²) in [6.07, 6.45) is 0. The standard InChI is InChI=1S/C14H15FN2O3/c1-8-11(13(18)20-3)12(16-14(19)17(8)2)9-4-6-10(15)7-5-9/h4-7,12H,1-3H3,(H,16,19)/t12-/m1/s1. The fraction of sp³-hybridized carbons (Fsp3) is 0.286. The van der Waals surface area contributed by atoms with Crippen LogP contribution in [-0.2, 0) is 9.53 Å². The molecule has 1 aliphatic rings. The molecule has 1 heterocycles. The van der Waals surface area contributed by atoms with E-state index in [9.17, 15) is 14.0 Å². The van der Waals surface area contributed by atoms with Crippen molar-refractivity contribution in [2.24, 2.45) is 0 Å². The lowest BCUT2D eigenvalue weighted by molar-refractivity contribution is -0.136. The summed E-state index contributed by atoms with van der Waals surface area (Å²) in [6.45, 7) is 1.67. The molecule has 5 nitrogen and oxygen atoms in total. The minimum absolute atomic E-state index is 0.329. The minimum Gasteiger partial charge on any atom is -0.466 e. The van der Waals surface area contributed by atoms with Crippen LogP contribution < -0.4 is 5.32 Å². The second kappa shape index (κ2) is 5.32.